The van der Waals surface area contributed by atoms with Crippen LogP contribution in [0, 0.1) is 0 Å². The SMILES string of the molecule is CCC/C=C/C/C=C/C/C=C/C/C=C/CCCCCC(=O)OC[C@H](COP(=O)(O)OC[C@@H](O)CO)OC(=O)CC/C=C/CCCCCCCCCCCCC. The number of esters is 2. The first-order valence-electron chi connectivity index (χ1n) is 21.2. The number of ether oxygens (including phenoxy) is 2. The number of hydrogen-bond acceptors (Lipinski definition) is 9. The predicted octanol–water partition coefficient (Wildman–Crippen LogP) is 11.1. The molecule has 0 spiro atoms. The summed E-state index contributed by atoms with van der Waals surface area (Å²) in [6, 6.07) is 0. The molecule has 0 saturated carbocycles. The molecule has 0 fully saturated rings. The molecule has 11 heteroatoms. The van der Waals surface area contributed by atoms with Crippen LogP contribution >= 0.6 is 7.82 Å². The lowest BCUT2D eigenvalue weighted by molar-refractivity contribution is -0.161. The Morgan fingerprint density at radius 1 is 0.545 bits per heavy atom. The minimum absolute atomic E-state index is 0.0918. The zero-order valence-corrected chi connectivity index (χ0v) is 35.3. The molecule has 0 aliphatic heterocycles. The average Bonchev–Trinajstić information content (AvgIpc) is 3.17. The van der Waals surface area contributed by atoms with E-state index in [1.807, 2.05) is 6.08 Å². The summed E-state index contributed by atoms with van der Waals surface area (Å²) in [7, 11) is -4.63. The van der Waals surface area contributed by atoms with Gasteiger partial charge in [-0.25, -0.2) is 4.57 Å². The van der Waals surface area contributed by atoms with E-state index >= 15 is 0 Å². The molecule has 55 heavy (non-hydrogen) atoms. The van der Waals surface area contributed by atoms with Gasteiger partial charge in [-0.2, -0.15) is 0 Å². The maximum absolute atomic E-state index is 12.6. The first-order valence-corrected chi connectivity index (χ1v) is 22.7. The van der Waals surface area contributed by atoms with Crippen LogP contribution in [0.1, 0.15) is 168 Å². The molecule has 1 unspecified atom stereocenters. The van der Waals surface area contributed by atoms with Crippen molar-refractivity contribution < 1.29 is 47.8 Å². The van der Waals surface area contributed by atoms with Crippen molar-refractivity contribution in [1.82, 2.24) is 0 Å². The Balaban J connectivity index is 4.41. The average molecular weight is 797 g/mol. The van der Waals surface area contributed by atoms with Crippen molar-refractivity contribution in [2.75, 3.05) is 26.4 Å². The minimum atomic E-state index is -4.63. The number of unbranched alkanes of at least 4 members (excludes halogenated alkanes) is 15. The third kappa shape index (κ3) is 39.7. The molecule has 0 bridgehead atoms. The van der Waals surface area contributed by atoms with Crippen LogP contribution < -0.4 is 0 Å². The van der Waals surface area contributed by atoms with Crippen molar-refractivity contribution in [2.45, 2.75) is 180 Å². The summed E-state index contributed by atoms with van der Waals surface area (Å²) >= 11 is 0. The minimum Gasteiger partial charge on any atom is -0.462 e. The van der Waals surface area contributed by atoms with Gasteiger partial charge in [-0.05, 0) is 64.2 Å². The predicted molar refractivity (Wildman–Crippen MR) is 224 cm³/mol. The molecule has 0 aromatic carbocycles. The van der Waals surface area contributed by atoms with E-state index in [1.54, 1.807) is 0 Å². The fraction of sp³-hybridized carbons (Fsp3) is 0.727. The highest BCUT2D eigenvalue weighted by Gasteiger charge is 2.27. The summed E-state index contributed by atoms with van der Waals surface area (Å²) in [6.07, 6.45) is 43.4. The third-order valence-corrected chi connectivity index (χ3v) is 9.59. The molecule has 0 heterocycles. The molecule has 318 valence electrons. The largest absolute Gasteiger partial charge is 0.472 e. The van der Waals surface area contributed by atoms with E-state index in [-0.39, 0.29) is 19.4 Å². The number of phosphoric ester groups is 1. The first-order chi connectivity index (χ1) is 26.7. The quantitative estimate of drug-likeness (QED) is 0.0237. The normalized spacial score (nSPS) is 14.5. The zero-order valence-electron chi connectivity index (χ0n) is 34.4. The van der Waals surface area contributed by atoms with Crippen LogP contribution in [0.15, 0.2) is 60.8 Å². The van der Waals surface area contributed by atoms with Crippen LogP contribution in [0.5, 0.6) is 0 Å². The van der Waals surface area contributed by atoms with Crippen LogP contribution in [0.2, 0.25) is 0 Å². The highest BCUT2D eigenvalue weighted by molar-refractivity contribution is 7.47. The molecule has 0 aromatic rings. The standard InChI is InChI=1S/C44H77O10P/c1-3-5-7-9-11-13-15-17-19-20-22-23-25-27-29-31-33-35-43(47)51-39-42(40-53-55(49,50)52-38-41(46)37-45)54-44(48)36-34-32-30-28-26-24-21-18-16-14-12-10-8-6-4-2/h7,9,13,15,19-20,23,25,30,32,41-42,45-46H,3-6,8,10-12,14,16-18,21-22,24,26-29,31,33-40H2,1-2H3,(H,49,50)/b9-7+,15-13+,20-19+,25-23+,32-30+/t41-,42+/m0/s1. The van der Waals surface area contributed by atoms with Gasteiger partial charge in [-0.15, -0.1) is 0 Å². The maximum atomic E-state index is 12.6. The highest BCUT2D eigenvalue weighted by atomic mass is 31.2. The number of hydrogen-bond donors (Lipinski definition) is 3. The van der Waals surface area contributed by atoms with Gasteiger partial charge >= 0.3 is 19.8 Å². The van der Waals surface area contributed by atoms with E-state index in [0.29, 0.717) is 12.8 Å². The Morgan fingerprint density at radius 2 is 1.02 bits per heavy atom. The van der Waals surface area contributed by atoms with Crippen molar-refractivity contribution in [3.05, 3.63) is 60.8 Å². The molecule has 3 atom stereocenters. The lowest BCUT2D eigenvalue weighted by Crippen LogP contribution is -2.29. The van der Waals surface area contributed by atoms with Crippen LogP contribution in [0.3, 0.4) is 0 Å². The monoisotopic (exact) mass is 797 g/mol. The zero-order chi connectivity index (χ0) is 40.5. The summed E-state index contributed by atoms with van der Waals surface area (Å²) in [6.45, 7) is 2.22. The van der Waals surface area contributed by atoms with E-state index in [4.69, 9.17) is 19.1 Å². The Morgan fingerprint density at radius 3 is 1.58 bits per heavy atom. The van der Waals surface area contributed by atoms with Crippen molar-refractivity contribution in [3.8, 4) is 0 Å². The molecule has 0 amide bonds. The maximum Gasteiger partial charge on any atom is 0.472 e. The van der Waals surface area contributed by atoms with E-state index < -0.39 is 51.8 Å². The van der Waals surface area contributed by atoms with Gasteiger partial charge in [0.1, 0.15) is 12.7 Å². The molecular weight excluding hydrogens is 719 g/mol. The number of phosphoric acid groups is 1. The van der Waals surface area contributed by atoms with Gasteiger partial charge in [0.05, 0.1) is 19.8 Å². The van der Waals surface area contributed by atoms with E-state index in [1.165, 1.54) is 70.6 Å². The van der Waals surface area contributed by atoms with Gasteiger partial charge in [0.15, 0.2) is 6.10 Å². The summed E-state index contributed by atoms with van der Waals surface area (Å²) in [4.78, 5) is 34.9. The van der Waals surface area contributed by atoms with Gasteiger partial charge < -0.3 is 24.6 Å². The molecule has 0 rings (SSSR count). The molecule has 0 radical (unpaired) electrons. The lowest BCUT2D eigenvalue weighted by Gasteiger charge is -2.20. The fourth-order valence-corrected chi connectivity index (χ4v) is 6.14. The molecule has 10 nitrogen and oxygen atoms in total. The number of carbonyl (C=O) groups excluding carboxylic acids is 2. The van der Waals surface area contributed by atoms with E-state index in [2.05, 4.69) is 73.1 Å². The Labute approximate surface area is 334 Å². The molecule has 0 aliphatic carbocycles. The molecule has 3 N–H and O–H groups in total. The lowest BCUT2D eigenvalue weighted by atomic mass is 10.1. The number of rotatable bonds is 39. The van der Waals surface area contributed by atoms with Gasteiger partial charge in [0, 0.05) is 12.8 Å². The van der Waals surface area contributed by atoms with Crippen molar-refractivity contribution in [3.63, 3.8) is 0 Å². The van der Waals surface area contributed by atoms with E-state index in [0.717, 1.165) is 57.8 Å². The molecule has 0 saturated heterocycles. The molecular formula is C44H77O10P. The smallest absolute Gasteiger partial charge is 0.462 e. The van der Waals surface area contributed by atoms with Crippen molar-refractivity contribution >= 4 is 19.8 Å². The Kier molecular flexibility index (Phi) is 38.2. The summed E-state index contributed by atoms with van der Waals surface area (Å²) in [5.41, 5.74) is 0. The number of aliphatic hydroxyl groups is 2. The number of carbonyl (C=O) groups is 2. The van der Waals surface area contributed by atoms with Gasteiger partial charge in [-0.1, -0.05) is 152 Å². The van der Waals surface area contributed by atoms with Gasteiger partial charge in [0.25, 0.3) is 0 Å². The summed E-state index contributed by atoms with van der Waals surface area (Å²) in [5, 5.41) is 18.3. The summed E-state index contributed by atoms with van der Waals surface area (Å²) in [5.74, 6) is -1.02. The Bertz CT molecular complexity index is 1100. The van der Waals surface area contributed by atoms with Crippen LogP contribution in [-0.2, 0) is 32.7 Å². The number of allylic oxidation sites excluding steroid dienone is 10. The van der Waals surface area contributed by atoms with Gasteiger partial charge in [-0.3, -0.25) is 18.6 Å². The summed E-state index contributed by atoms with van der Waals surface area (Å²) < 4.78 is 32.6. The number of aliphatic hydroxyl groups excluding tert-OH is 2. The van der Waals surface area contributed by atoms with Crippen molar-refractivity contribution in [1.29, 1.82) is 0 Å². The second-order valence-electron chi connectivity index (χ2n) is 14.0. The first kappa shape index (κ1) is 52.7. The van der Waals surface area contributed by atoms with Crippen LogP contribution in [0.4, 0.5) is 0 Å². The second-order valence-corrected chi connectivity index (χ2v) is 15.5. The highest BCUT2D eigenvalue weighted by Crippen LogP contribution is 2.43. The van der Waals surface area contributed by atoms with E-state index in [9.17, 15) is 24.2 Å². The molecule has 0 aliphatic rings. The third-order valence-electron chi connectivity index (χ3n) is 8.64. The van der Waals surface area contributed by atoms with Gasteiger partial charge in [0.2, 0.25) is 0 Å². The topological polar surface area (TPSA) is 149 Å². The fourth-order valence-electron chi connectivity index (χ4n) is 5.35. The second kappa shape index (κ2) is 39.9. The van der Waals surface area contributed by atoms with Crippen LogP contribution in [-0.4, -0.2) is 65.7 Å². The van der Waals surface area contributed by atoms with Crippen molar-refractivity contribution in [2.24, 2.45) is 0 Å². The molecule has 0 aromatic heterocycles. The van der Waals surface area contributed by atoms with Crippen LogP contribution in [0.25, 0.3) is 0 Å². The Hall–Kier alpha value is -2.33.